The quantitative estimate of drug-likeness (QED) is 0.650. The molecule has 2 aromatic rings. The molecular formula is C16H16N4O5. The third kappa shape index (κ3) is 3.33. The van der Waals surface area contributed by atoms with E-state index in [1.165, 1.54) is 18.5 Å². The first-order valence-corrected chi connectivity index (χ1v) is 7.45. The molecule has 9 nitrogen and oxygen atoms in total. The maximum atomic E-state index is 12.2. The van der Waals surface area contributed by atoms with Gasteiger partial charge in [-0.2, -0.15) is 4.98 Å². The minimum atomic E-state index is -1.08. The number of rotatable bonds is 4. The number of anilines is 1. The first-order chi connectivity index (χ1) is 12.0. The molecule has 25 heavy (non-hydrogen) atoms. The summed E-state index contributed by atoms with van der Waals surface area (Å²) in [6.45, 7) is 3.29. The highest BCUT2D eigenvalue weighted by atomic mass is 16.5. The Morgan fingerprint density at radius 3 is 2.84 bits per heavy atom. The van der Waals surface area contributed by atoms with Crippen LogP contribution in [0, 0.1) is 0 Å². The number of hydrogen-bond acceptors (Lipinski definition) is 7. The Morgan fingerprint density at radius 2 is 2.24 bits per heavy atom. The van der Waals surface area contributed by atoms with Gasteiger partial charge in [0.2, 0.25) is 0 Å². The lowest BCUT2D eigenvalue weighted by Crippen LogP contribution is -2.29. The SMILES string of the molecule is C=C1[C@H](n2ccc(NC(=O)c3cccnc3)nc2=O)O[C@H](CO)[C@H]1O. The van der Waals surface area contributed by atoms with Gasteiger partial charge < -0.3 is 20.3 Å². The second kappa shape index (κ2) is 6.93. The number of nitrogens with one attached hydrogen (secondary N) is 1. The van der Waals surface area contributed by atoms with Gasteiger partial charge in [-0.3, -0.25) is 14.3 Å². The molecule has 0 spiro atoms. The number of amides is 1. The minimum Gasteiger partial charge on any atom is -0.394 e. The van der Waals surface area contributed by atoms with E-state index in [9.17, 15) is 14.7 Å². The molecule has 130 valence electrons. The Labute approximate surface area is 142 Å². The van der Waals surface area contributed by atoms with Gasteiger partial charge in [0.15, 0.2) is 6.23 Å². The normalized spacial score (nSPS) is 22.8. The van der Waals surface area contributed by atoms with E-state index in [1.807, 2.05) is 0 Å². The fourth-order valence-corrected chi connectivity index (χ4v) is 2.45. The lowest BCUT2D eigenvalue weighted by Gasteiger charge is -2.15. The zero-order valence-corrected chi connectivity index (χ0v) is 13.1. The van der Waals surface area contributed by atoms with Crippen LogP contribution in [0.5, 0.6) is 0 Å². The van der Waals surface area contributed by atoms with Gasteiger partial charge in [0, 0.05) is 24.2 Å². The molecule has 3 N–H and O–H groups in total. The highest BCUT2D eigenvalue weighted by Gasteiger charge is 2.38. The van der Waals surface area contributed by atoms with Crippen LogP contribution in [0.25, 0.3) is 0 Å². The van der Waals surface area contributed by atoms with Crippen LogP contribution in [-0.2, 0) is 4.74 Å². The molecule has 0 saturated carbocycles. The summed E-state index contributed by atoms with van der Waals surface area (Å²) >= 11 is 0. The van der Waals surface area contributed by atoms with Gasteiger partial charge in [0.1, 0.15) is 18.0 Å². The predicted octanol–water partition coefficient (Wildman–Crippen LogP) is -0.303. The zero-order valence-electron chi connectivity index (χ0n) is 13.1. The lowest BCUT2D eigenvalue weighted by molar-refractivity contribution is -0.0447. The van der Waals surface area contributed by atoms with Crippen LogP contribution in [0.15, 0.2) is 53.7 Å². The minimum absolute atomic E-state index is 0.0676. The van der Waals surface area contributed by atoms with E-state index in [0.29, 0.717) is 5.56 Å². The van der Waals surface area contributed by atoms with Crippen molar-refractivity contribution in [3.8, 4) is 0 Å². The summed E-state index contributed by atoms with van der Waals surface area (Å²) in [5.74, 6) is -0.381. The number of aromatic nitrogens is 3. The summed E-state index contributed by atoms with van der Waals surface area (Å²) < 4.78 is 6.55. The van der Waals surface area contributed by atoms with Crippen molar-refractivity contribution >= 4 is 11.7 Å². The van der Waals surface area contributed by atoms with Gasteiger partial charge in [-0.05, 0) is 18.2 Å². The smallest absolute Gasteiger partial charge is 0.351 e. The van der Waals surface area contributed by atoms with E-state index in [4.69, 9.17) is 9.84 Å². The molecular weight excluding hydrogens is 328 g/mol. The average molecular weight is 344 g/mol. The molecule has 1 aliphatic rings. The fourth-order valence-electron chi connectivity index (χ4n) is 2.45. The van der Waals surface area contributed by atoms with Crippen LogP contribution in [-0.4, -0.2) is 49.5 Å². The molecule has 0 radical (unpaired) electrons. The Kier molecular flexibility index (Phi) is 4.70. The van der Waals surface area contributed by atoms with Gasteiger partial charge in [0.25, 0.3) is 5.91 Å². The van der Waals surface area contributed by atoms with E-state index in [1.54, 1.807) is 18.3 Å². The van der Waals surface area contributed by atoms with Crippen LogP contribution in [0.1, 0.15) is 16.6 Å². The molecule has 1 fully saturated rings. The number of carbonyl (C=O) groups excluding carboxylic acids is 1. The van der Waals surface area contributed by atoms with Crippen molar-refractivity contribution in [2.24, 2.45) is 0 Å². The second-order valence-corrected chi connectivity index (χ2v) is 5.43. The molecule has 3 rings (SSSR count). The van der Waals surface area contributed by atoms with E-state index in [0.717, 1.165) is 4.57 Å². The molecule has 1 amide bonds. The topological polar surface area (TPSA) is 127 Å². The molecule has 1 saturated heterocycles. The Hall–Kier alpha value is -2.88. The van der Waals surface area contributed by atoms with Crippen molar-refractivity contribution in [1.82, 2.24) is 14.5 Å². The summed E-state index contributed by atoms with van der Waals surface area (Å²) in [6.07, 6.45) is 1.44. The number of ether oxygens (including phenoxy) is 1. The fraction of sp³-hybridized carbons (Fsp3) is 0.250. The number of carbonyl (C=O) groups is 1. The number of pyridine rings is 1. The van der Waals surface area contributed by atoms with Crippen molar-refractivity contribution in [2.45, 2.75) is 18.4 Å². The molecule has 0 aromatic carbocycles. The summed E-state index contributed by atoms with van der Waals surface area (Å²) in [6, 6.07) is 4.62. The van der Waals surface area contributed by atoms with Gasteiger partial charge in [-0.25, -0.2) is 4.79 Å². The highest BCUT2D eigenvalue weighted by molar-refractivity contribution is 6.03. The predicted molar refractivity (Wildman–Crippen MR) is 86.8 cm³/mol. The third-order valence-electron chi connectivity index (χ3n) is 3.78. The van der Waals surface area contributed by atoms with Crippen LogP contribution >= 0.6 is 0 Å². The van der Waals surface area contributed by atoms with Gasteiger partial charge in [0.05, 0.1) is 12.2 Å². The standard InChI is InChI=1S/C16H16N4O5/c1-9-13(22)11(8-21)25-15(9)20-6-4-12(19-16(20)24)18-14(23)10-3-2-5-17-7-10/h2-7,11,13,15,21-22H,1,8H2,(H,18,19,23,24)/t11-,13+,15-/m1/s1. The van der Waals surface area contributed by atoms with E-state index >= 15 is 0 Å². The van der Waals surface area contributed by atoms with Gasteiger partial charge in [-0.1, -0.05) is 6.58 Å². The number of aliphatic hydroxyl groups is 2. The molecule has 0 aliphatic carbocycles. The molecule has 3 heterocycles. The summed E-state index contributed by atoms with van der Waals surface area (Å²) in [7, 11) is 0. The first-order valence-electron chi connectivity index (χ1n) is 7.45. The molecule has 0 bridgehead atoms. The average Bonchev–Trinajstić information content (AvgIpc) is 2.91. The van der Waals surface area contributed by atoms with Crippen molar-refractivity contribution in [1.29, 1.82) is 0 Å². The van der Waals surface area contributed by atoms with Crippen LogP contribution in [0.2, 0.25) is 0 Å². The Balaban J connectivity index is 1.79. The third-order valence-corrected chi connectivity index (χ3v) is 3.78. The highest BCUT2D eigenvalue weighted by Crippen LogP contribution is 2.31. The lowest BCUT2D eigenvalue weighted by atomic mass is 10.1. The van der Waals surface area contributed by atoms with Crippen molar-refractivity contribution < 1.29 is 19.7 Å². The maximum Gasteiger partial charge on any atom is 0.351 e. The monoisotopic (exact) mass is 344 g/mol. The van der Waals surface area contributed by atoms with Crippen molar-refractivity contribution in [3.63, 3.8) is 0 Å². The van der Waals surface area contributed by atoms with Crippen molar-refractivity contribution in [2.75, 3.05) is 11.9 Å². The summed E-state index contributed by atoms with van der Waals surface area (Å²) in [5, 5.41) is 21.6. The molecule has 9 heteroatoms. The van der Waals surface area contributed by atoms with Gasteiger partial charge in [-0.15, -0.1) is 0 Å². The van der Waals surface area contributed by atoms with E-state index in [2.05, 4.69) is 21.9 Å². The number of nitrogens with zero attached hydrogens (tertiary/aromatic N) is 3. The van der Waals surface area contributed by atoms with Gasteiger partial charge >= 0.3 is 5.69 Å². The molecule has 3 atom stereocenters. The van der Waals surface area contributed by atoms with E-state index in [-0.39, 0.29) is 11.4 Å². The zero-order chi connectivity index (χ0) is 18.0. The van der Waals surface area contributed by atoms with Crippen molar-refractivity contribution in [3.05, 3.63) is 65.0 Å². The maximum absolute atomic E-state index is 12.2. The van der Waals surface area contributed by atoms with Crippen LogP contribution in [0.3, 0.4) is 0 Å². The molecule has 1 aliphatic heterocycles. The van der Waals surface area contributed by atoms with E-state index < -0.39 is 36.6 Å². The Morgan fingerprint density at radius 1 is 1.44 bits per heavy atom. The second-order valence-electron chi connectivity index (χ2n) is 5.43. The van der Waals surface area contributed by atoms with Crippen LogP contribution < -0.4 is 11.0 Å². The summed E-state index contributed by atoms with van der Waals surface area (Å²) in [5.41, 5.74) is -0.120. The van der Waals surface area contributed by atoms with Crippen LogP contribution in [0.4, 0.5) is 5.82 Å². The molecule has 2 aromatic heterocycles. The summed E-state index contributed by atoms with van der Waals surface area (Å²) in [4.78, 5) is 31.9. The first kappa shape index (κ1) is 17.0. The Bertz CT molecular complexity index is 851. The number of aliphatic hydroxyl groups excluding tert-OH is 2. The molecule has 0 unspecified atom stereocenters. The number of hydrogen-bond donors (Lipinski definition) is 3. The largest absolute Gasteiger partial charge is 0.394 e.